The molecule has 2 rings (SSSR count). The maximum absolute atomic E-state index is 5.96. The van der Waals surface area contributed by atoms with Crippen LogP contribution in [0.15, 0.2) is 30.6 Å². The molecule has 3 nitrogen and oxygen atoms in total. The first-order chi connectivity index (χ1) is 8.69. The summed E-state index contributed by atoms with van der Waals surface area (Å²) in [6.45, 7) is 3.77. The number of nitrogens with zero attached hydrogens (tertiary/aromatic N) is 2. The largest absolute Gasteiger partial charge is 0.378 e. The van der Waals surface area contributed by atoms with Gasteiger partial charge in [0.25, 0.3) is 0 Å². The van der Waals surface area contributed by atoms with Crippen LogP contribution >= 0.6 is 23.2 Å². The third-order valence-corrected chi connectivity index (χ3v) is 3.31. The number of nitrogens with one attached hydrogen (secondary N) is 1. The van der Waals surface area contributed by atoms with E-state index in [-0.39, 0.29) is 0 Å². The number of halogens is 2. The van der Waals surface area contributed by atoms with E-state index < -0.39 is 0 Å². The standard InChI is InChI=1S/C13H15Cl2N3/c1-2-5-18-9-11(8-17-18)16-7-10-3-4-12(14)13(15)6-10/h3-4,6,8-9,16H,2,5,7H2,1H3. The molecule has 1 aromatic carbocycles. The number of benzene rings is 1. The Morgan fingerprint density at radius 3 is 2.83 bits per heavy atom. The summed E-state index contributed by atoms with van der Waals surface area (Å²) in [6, 6.07) is 5.63. The Morgan fingerprint density at radius 1 is 1.28 bits per heavy atom. The second-order valence-corrected chi connectivity index (χ2v) is 4.91. The minimum absolute atomic E-state index is 0.580. The number of aromatic nitrogens is 2. The van der Waals surface area contributed by atoms with Gasteiger partial charge in [0.15, 0.2) is 0 Å². The number of hydrogen-bond acceptors (Lipinski definition) is 2. The monoisotopic (exact) mass is 283 g/mol. The predicted octanol–water partition coefficient (Wildman–Crippen LogP) is 4.21. The molecule has 0 fully saturated rings. The van der Waals surface area contributed by atoms with E-state index in [1.807, 2.05) is 29.2 Å². The van der Waals surface area contributed by atoms with Gasteiger partial charge in [0.05, 0.1) is 21.9 Å². The maximum Gasteiger partial charge on any atom is 0.0729 e. The molecule has 0 saturated heterocycles. The molecule has 5 heteroatoms. The van der Waals surface area contributed by atoms with Crippen LogP contribution in [0.5, 0.6) is 0 Å². The summed E-state index contributed by atoms with van der Waals surface area (Å²) in [7, 11) is 0. The van der Waals surface area contributed by atoms with Crippen LogP contribution in [-0.2, 0) is 13.1 Å². The van der Waals surface area contributed by atoms with Crippen molar-refractivity contribution in [2.75, 3.05) is 5.32 Å². The van der Waals surface area contributed by atoms with Crippen LogP contribution in [0.4, 0.5) is 5.69 Å². The van der Waals surface area contributed by atoms with Crippen LogP contribution in [0.3, 0.4) is 0 Å². The Balaban J connectivity index is 1.95. The Hall–Kier alpha value is -1.19. The van der Waals surface area contributed by atoms with Gasteiger partial charge in [-0.15, -0.1) is 0 Å². The Labute approximate surface area is 117 Å². The molecule has 0 spiro atoms. The van der Waals surface area contributed by atoms with Gasteiger partial charge in [-0.05, 0) is 24.1 Å². The predicted molar refractivity (Wildman–Crippen MR) is 76.3 cm³/mol. The molecule has 0 aliphatic carbocycles. The second kappa shape index (κ2) is 6.12. The molecule has 0 unspecified atom stereocenters. The topological polar surface area (TPSA) is 29.9 Å². The van der Waals surface area contributed by atoms with Gasteiger partial charge < -0.3 is 5.32 Å². The van der Waals surface area contributed by atoms with Crippen LogP contribution in [0.2, 0.25) is 10.0 Å². The van der Waals surface area contributed by atoms with E-state index in [0.717, 1.165) is 24.2 Å². The molecule has 1 N–H and O–H groups in total. The first-order valence-electron chi connectivity index (χ1n) is 5.89. The molecule has 0 atom stereocenters. The van der Waals surface area contributed by atoms with Crippen molar-refractivity contribution in [3.63, 3.8) is 0 Å². The van der Waals surface area contributed by atoms with Crippen molar-refractivity contribution in [3.8, 4) is 0 Å². The smallest absolute Gasteiger partial charge is 0.0729 e. The fourth-order valence-corrected chi connectivity index (χ4v) is 1.98. The van der Waals surface area contributed by atoms with E-state index in [1.165, 1.54) is 0 Å². The van der Waals surface area contributed by atoms with Crippen LogP contribution < -0.4 is 5.32 Å². The SMILES string of the molecule is CCCn1cc(NCc2ccc(Cl)c(Cl)c2)cn1. The van der Waals surface area contributed by atoms with E-state index >= 15 is 0 Å². The summed E-state index contributed by atoms with van der Waals surface area (Å²) in [5.41, 5.74) is 2.10. The zero-order valence-electron chi connectivity index (χ0n) is 10.2. The van der Waals surface area contributed by atoms with E-state index in [0.29, 0.717) is 16.6 Å². The molecular formula is C13H15Cl2N3. The van der Waals surface area contributed by atoms with Gasteiger partial charge in [0.2, 0.25) is 0 Å². The average molecular weight is 284 g/mol. The summed E-state index contributed by atoms with van der Waals surface area (Å²) < 4.78 is 1.93. The van der Waals surface area contributed by atoms with Crippen molar-refractivity contribution < 1.29 is 0 Å². The zero-order chi connectivity index (χ0) is 13.0. The lowest BCUT2D eigenvalue weighted by Gasteiger charge is -2.05. The van der Waals surface area contributed by atoms with Crippen molar-refractivity contribution in [2.45, 2.75) is 26.4 Å². The fraction of sp³-hybridized carbons (Fsp3) is 0.308. The molecule has 0 aliphatic heterocycles. The van der Waals surface area contributed by atoms with Gasteiger partial charge in [-0.2, -0.15) is 5.10 Å². The van der Waals surface area contributed by atoms with Gasteiger partial charge >= 0.3 is 0 Å². The lowest BCUT2D eigenvalue weighted by molar-refractivity contribution is 0.603. The molecule has 96 valence electrons. The van der Waals surface area contributed by atoms with Crippen LogP contribution in [0, 0.1) is 0 Å². The van der Waals surface area contributed by atoms with E-state index in [9.17, 15) is 0 Å². The van der Waals surface area contributed by atoms with E-state index in [2.05, 4.69) is 17.3 Å². The van der Waals surface area contributed by atoms with Gasteiger partial charge in [-0.3, -0.25) is 4.68 Å². The minimum atomic E-state index is 0.580. The highest BCUT2D eigenvalue weighted by Crippen LogP contribution is 2.23. The summed E-state index contributed by atoms with van der Waals surface area (Å²) >= 11 is 11.8. The summed E-state index contributed by atoms with van der Waals surface area (Å²) in [5, 5.41) is 8.72. The summed E-state index contributed by atoms with van der Waals surface area (Å²) in [4.78, 5) is 0. The highest BCUT2D eigenvalue weighted by Gasteiger charge is 2.01. The third kappa shape index (κ3) is 3.40. The van der Waals surface area contributed by atoms with Crippen LogP contribution in [-0.4, -0.2) is 9.78 Å². The Bertz CT molecular complexity index is 523. The van der Waals surface area contributed by atoms with E-state index in [1.54, 1.807) is 6.07 Å². The van der Waals surface area contributed by atoms with Crippen molar-refractivity contribution in [1.29, 1.82) is 0 Å². The molecule has 0 radical (unpaired) electrons. The quantitative estimate of drug-likeness (QED) is 0.891. The molecule has 1 aromatic heterocycles. The summed E-state index contributed by atoms with van der Waals surface area (Å²) in [5.74, 6) is 0. The molecule has 0 amide bonds. The number of hydrogen-bond donors (Lipinski definition) is 1. The minimum Gasteiger partial charge on any atom is -0.378 e. The van der Waals surface area contributed by atoms with E-state index in [4.69, 9.17) is 23.2 Å². The first kappa shape index (κ1) is 13.2. The van der Waals surface area contributed by atoms with Crippen molar-refractivity contribution in [2.24, 2.45) is 0 Å². The molecule has 1 heterocycles. The molecule has 0 bridgehead atoms. The fourth-order valence-electron chi connectivity index (χ4n) is 1.66. The Morgan fingerprint density at radius 2 is 2.11 bits per heavy atom. The lowest BCUT2D eigenvalue weighted by atomic mass is 10.2. The zero-order valence-corrected chi connectivity index (χ0v) is 11.7. The van der Waals surface area contributed by atoms with Crippen LogP contribution in [0.25, 0.3) is 0 Å². The van der Waals surface area contributed by atoms with Gasteiger partial charge in [0.1, 0.15) is 0 Å². The lowest BCUT2D eigenvalue weighted by Crippen LogP contribution is -1.99. The highest BCUT2D eigenvalue weighted by atomic mass is 35.5. The van der Waals surface area contributed by atoms with Gasteiger partial charge in [0, 0.05) is 19.3 Å². The maximum atomic E-state index is 5.96. The highest BCUT2D eigenvalue weighted by molar-refractivity contribution is 6.42. The molecule has 0 aliphatic rings. The normalized spacial score (nSPS) is 10.6. The number of aryl methyl sites for hydroxylation is 1. The van der Waals surface area contributed by atoms with Crippen LogP contribution in [0.1, 0.15) is 18.9 Å². The molecular weight excluding hydrogens is 269 g/mol. The number of rotatable bonds is 5. The van der Waals surface area contributed by atoms with Gasteiger partial charge in [-0.1, -0.05) is 36.2 Å². The third-order valence-electron chi connectivity index (χ3n) is 2.57. The molecule has 18 heavy (non-hydrogen) atoms. The average Bonchev–Trinajstić information content (AvgIpc) is 2.79. The number of anilines is 1. The Kier molecular flexibility index (Phi) is 4.50. The van der Waals surface area contributed by atoms with Gasteiger partial charge in [-0.25, -0.2) is 0 Å². The second-order valence-electron chi connectivity index (χ2n) is 4.09. The summed E-state index contributed by atoms with van der Waals surface area (Å²) in [6.07, 6.45) is 4.90. The molecule has 0 saturated carbocycles. The van der Waals surface area contributed by atoms with Crippen molar-refractivity contribution >= 4 is 28.9 Å². The molecule has 2 aromatic rings. The van der Waals surface area contributed by atoms with Crippen molar-refractivity contribution in [1.82, 2.24) is 9.78 Å². The first-order valence-corrected chi connectivity index (χ1v) is 6.65. The van der Waals surface area contributed by atoms with Crippen molar-refractivity contribution in [3.05, 3.63) is 46.2 Å².